The standard InChI is InChI=1S/C18H28N2/c1-2-16-6-8-17(9-7-16)20-14-10-18(11-15-20)19-12-4-3-5-13-19/h6-9,18H,2-5,10-15H2,1H3. The SMILES string of the molecule is CCc1ccc(N2CCC(N3CCCCC3)CC2)cc1. The van der Waals surface area contributed by atoms with Gasteiger partial charge in [-0.25, -0.2) is 0 Å². The Kier molecular flexibility index (Phi) is 4.62. The fourth-order valence-electron chi connectivity index (χ4n) is 3.72. The highest BCUT2D eigenvalue weighted by molar-refractivity contribution is 5.48. The van der Waals surface area contributed by atoms with Gasteiger partial charge in [0.15, 0.2) is 0 Å². The molecule has 0 aromatic heterocycles. The summed E-state index contributed by atoms with van der Waals surface area (Å²) in [6.45, 7) is 7.37. The second kappa shape index (κ2) is 6.62. The van der Waals surface area contributed by atoms with Gasteiger partial charge in [0, 0.05) is 24.8 Å². The number of aryl methyl sites for hydroxylation is 1. The predicted octanol–water partition coefficient (Wildman–Crippen LogP) is 3.70. The summed E-state index contributed by atoms with van der Waals surface area (Å²) in [6, 6.07) is 10.0. The molecule has 0 radical (unpaired) electrons. The van der Waals surface area contributed by atoms with E-state index in [1.807, 2.05) is 0 Å². The Labute approximate surface area is 123 Å². The van der Waals surface area contributed by atoms with E-state index in [4.69, 9.17) is 0 Å². The van der Waals surface area contributed by atoms with Crippen LogP contribution in [0.2, 0.25) is 0 Å². The number of benzene rings is 1. The smallest absolute Gasteiger partial charge is 0.0366 e. The second-order valence-electron chi connectivity index (χ2n) is 6.33. The molecule has 20 heavy (non-hydrogen) atoms. The lowest BCUT2D eigenvalue weighted by atomic mass is 9.99. The van der Waals surface area contributed by atoms with Crippen LogP contribution in [0.3, 0.4) is 0 Å². The fraction of sp³-hybridized carbons (Fsp3) is 0.667. The van der Waals surface area contributed by atoms with Gasteiger partial charge in [0.05, 0.1) is 0 Å². The minimum Gasteiger partial charge on any atom is -0.371 e. The first-order chi connectivity index (χ1) is 9.86. The van der Waals surface area contributed by atoms with Crippen molar-refractivity contribution >= 4 is 5.69 Å². The van der Waals surface area contributed by atoms with Gasteiger partial charge in [0.2, 0.25) is 0 Å². The largest absolute Gasteiger partial charge is 0.371 e. The molecule has 2 fully saturated rings. The van der Waals surface area contributed by atoms with E-state index < -0.39 is 0 Å². The molecule has 2 nitrogen and oxygen atoms in total. The predicted molar refractivity (Wildman–Crippen MR) is 86.5 cm³/mol. The molecule has 2 aliphatic heterocycles. The molecule has 3 rings (SSSR count). The van der Waals surface area contributed by atoms with Gasteiger partial charge in [-0.3, -0.25) is 0 Å². The zero-order valence-electron chi connectivity index (χ0n) is 12.9. The van der Waals surface area contributed by atoms with E-state index in [2.05, 4.69) is 41.0 Å². The molecule has 0 saturated carbocycles. The monoisotopic (exact) mass is 272 g/mol. The molecule has 0 spiro atoms. The highest BCUT2D eigenvalue weighted by Gasteiger charge is 2.25. The van der Waals surface area contributed by atoms with Crippen molar-refractivity contribution in [2.75, 3.05) is 31.1 Å². The van der Waals surface area contributed by atoms with Crippen LogP contribution in [0.4, 0.5) is 5.69 Å². The summed E-state index contributed by atoms with van der Waals surface area (Å²) in [6.07, 6.45) is 8.10. The molecule has 0 amide bonds. The molecule has 0 N–H and O–H groups in total. The number of anilines is 1. The summed E-state index contributed by atoms with van der Waals surface area (Å²) in [5.74, 6) is 0. The first-order valence-corrected chi connectivity index (χ1v) is 8.45. The van der Waals surface area contributed by atoms with Gasteiger partial charge in [-0.15, -0.1) is 0 Å². The fourth-order valence-corrected chi connectivity index (χ4v) is 3.72. The van der Waals surface area contributed by atoms with Gasteiger partial charge in [-0.1, -0.05) is 25.5 Å². The number of hydrogen-bond donors (Lipinski definition) is 0. The first-order valence-electron chi connectivity index (χ1n) is 8.45. The molecule has 0 atom stereocenters. The van der Waals surface area contributed by atoms with Crippen molar-refractivity contribution in [1.82, 2.24) is 4.90 Å². The maximum absolute atomic E-state index is 2.75. The summed E-state index contributed by atoms with van der Waals surface area (Å²) >= 11 is 0. The van der Waals surface area contributed by atoms with Gasteiger partial charge < -0.3 is 9.80 Å². The van der Waals surface area contributed by atoms with Gasteiger partial charge in [0.25, 0.3) is 0 Å². The summed E-state index contributed by atoms with van der Waals surface area (Å²) < 4.78 is 0. The van der Waals surface area contributed by atoms with Crippen LogP contribution in [0.5, 0.6) is 0 Å². The lowest BCUT2D eigenvalue weighted by Crippen LogP contribution is -2.46. The Balaban J connectivity index is 1.54. The van der Waals surface area contributed by atoms with Gasteiger partial charge in [-0.2, -0.15) is 0 Å². The normalized spacial score (nSPS) is 22.1. The van der Waals surface area contributed by atoms with Gasteiger partial charge in [-0.05, 0) is 62.9 Å². The van der Waals surface area contributed by atoms with Crippen molar-refractivity contribution in [2.45, 2.75) is 51.5 Å². The summed E-state index contributed by atoms with van der Waals surface area (Å²) in [5.41, 5.74) is 2.86. The van der Waals surface area contributed by atoms with Crippen LogP contribution in [0, 0.1) is 0 Å². The van der Waals surface area contributed by atoms with E-state index in [9.17, 15) is 0 Å². The molecule has 0 unspecified atom stereocenters. The van der Waals surface area contributed by atoms with Gasteiger partial charge in [0.1, 0.15) is 0 Å². The Bertz CT molecular complexity index is 398. The van der Waals surface area contributed by atoms with Crippen LogP contribution in [0.1, 0.15) is 44.6 Å². The molecule has 1 aromatic rings. The zero-order valence-corrected chi connectivity index (χ0v) is 12.9. The maximum Gasteiger partial charge on any atom is 0.0366 e. The molecular formula is C18H28N2. The first kappa shape index (κ1) is 13.9. The summed E-state index contributed by atoms with van der Waals surface area (Å²) in [4.78, 5) is 5.32. The van der Waals surface area contributed by atoms with E-state index in [1.54, 1.807) is 0 Å². The van der Waals surface area contributed by atoms with Crippen molar-refractivity contribution in [3.8, 4) is 0 Å². The molecule has 2 heteroatoms. The molecule has 110 valence electrons. The molecule has 0 bridgehead atoms. The van der Waals surface area contributed by atoms with Crippen LogP contribution in [0.15, 0.2) is 24.3 Å². The third-order valence-electron chi connectivity index (χ3n) is 5.08. The van der Waals surface area contributed by atoms with Crippen LogP contribution in [0.25, 0.3) is 0 Å². The van der Waals surface area contributed by atoms with Gasteiger partial charge >= 0.3 is 0 Å². The van der Waals surface area contributed by atoms with E-state index in [0.717, 1.165) is 12.5 Å². The quantitative estimate of drug-likeness (QED) is 0.828. The van der Waals surface area contributed by atoms with Crippen LogP contribution >= 0.6 is 0 Å². The third kappa shape index (κ3) is 3.17. The van der Waals surface area contributed by atoms with Crippen LogP contribution in [-0.4, -0.2) is 37.1 Å². The van der Waals surface area contributed by atoms with Crippen molar-refractivity contribution in [1.29, 1.82) is 0 Å². The zero-order chi connectivity index (χ0) is 13.8. The summed E-state index contributed by atoms with van der Waals surface area (Å²) in [5, 5.41) is 0. The topological polar surface area (TPSA) is 6.48 Å². The number of likely N-dealkylation sites (tertiary alicyclic amines) is 1. The lowest BCUT2D eigenvalue weighted by Gasteiger charge is -2.41. The number of rotatable bonds is 3. The maximum atomic E-state index is 2.75. The van der Waals surface area contributed by atoms with E-state index in [1.165, 1.54) is 69.5 Å². The Morgan fingerprint density at radius 2 is 1.55 bits per heavy atom. The Hall–Kier alpha value is -1.02. The minimum atomic E-state index is 0.849. The van der Waals surface area contributed by atoms with Crippen molar-refractivity contribution in [2.24, 2.45) is 0 Å². The molecule has 2 heterocycles. The number of piperidine rings is 2. The molecular weight excluding hydrogens is 244 g/mol. The van der Waals surface area contributed by atoms with Crippen LogP contribution < -0.4 is 4.90 Å². The molecule has 0 aliphatic carbocycles. The number of hydrogen-bond acceptors (Lipinski definition) is 2. The molecule has 1 aromatic carbocycles. The second-order valence-corrected chi connectivity index (χ2v) is 6.33. The van der Waals surface area contributed by atoms with Crippen LogP contribution in [-0.2, 0) is 6.42 Å². The molecule has 2 aliphatic rings. The van der Waals surface area contributed by atoms with Crippen molar-refractivity contribution in [3.05, 3.63) is 29.8 Å². The highest BCUT2D eigenvalue weighted by Crippen LogP contribution is 2.25. The summed E-state index contributed by atoms with van der Waals surface area (Å²) in [7, 11) is 0. The average molecular weight is 272 g/mol. The van der Waals surface area contributed by atoms with E-state index in [-0.39, 0.29) is 0 Å². The highest BCUT2D eigenvalue weighted by atomic mass is 15.2. The van der Waals surface area contributed by atoms with Crippen molar-refractivity contribution < 1.29 is 0 Å². The number of nitrogens with zero attached hydrogens (tertiary/aromatic N) is 2. The lowest BCUT2D eigenvalue weighted by molar-refractivity contribution is 0.141. The van der Waals surface area contributed by atoms with E-state index >= 15 is 0 Å². The van der Waals surface area contributed by atoms with E-state index in [0.29, 0.717) is 0 Å². The van der Waals surface area contributed by atoms with Crippen molar-refractivity contribution in [3.63, 3.8) is 0 Å². The third-order valence-corrected chi connectivity index (χ3v) is 5.08. The Morgan fingerprint density at radius 3 is 2.15 bits per heavy atom. The molecule has 2 saturated heterocycles. The minimum absolute atomic E-state index is 0.849. The Morgan fingerprint density at radius 1 is 0.900 bits per heavy atom. The average Bonchev–Trinajstić information content (AvgIpc) is 2.56.